The number of ether oxygens (including phenoxy) is 3. The summed E-state index contributed by atoms with van der Waals surface area (Å²) in [7, 11) is 5.10. The van der Waals surface area contributed by atoms with Gasteiger partial charge in [-0.3, -0.25) is 9.89 Å². The van der Waals surface area contributed by atoms with Crippen LogP contribution in [0.3, 0.4) is 0 Å². The number of hydrogen-bond donors (Lipinski definition) is 2. The minimum absolute atomic E-state index is 0.733. The van der Waals surface area contributed by atoms with Crippen molar-refractivity contribution in [3.63, 3.8) is 0 Å². The molecule has 7 heteroatoms. The van der Waals surface area contributed by atoms with E-state index in [0.717, 1.165) is 69.8 Å². The van der Waals surface area contributed by atoms with Gasteiger partial charge in [-0.1, -0.05) is 30.3 Å². The Bertz CT molecular complexity index is 850. The first-order valence-corrected chi connectivity index (χ1v) is 10.8. The van der Waals surface area contributed by atoms with Crippen molar-refractivity contribution in [1.29, 1.82) is 0 Å². The van der Waals surface area contributed by atoms with Crippen LogP contribution in [0.25, 0.3) is 0 Å². The van der Waals surface area contributed by atoms with Crippen LogP contribution in [0.15, 0.2) is 47.5 Å². The van der Waals surface area contributed by atoms with E-state index >= 15 is 0 Å². The monoisotopic (exact) mass is 426 g/mol. The summed E-state index contributed by atoms with van der Waals surface area (Å²) in [5.74, 6) is 2.29. The summed E-state index contributed by atoms with van der Waals surface area (Å²) in [5, 5.41) is 6.84. The number of nitrogens with one attached hydrogen (secondary N) is 2. The summed E-state index contributed by atoms with van der Waals surface area (Å²) in [6.45, 7) is 6.06. The second-order valence-electron chi connectivity index (χ2n) is 7.45. The summed E-state index contributed by atoms with van der Waals surface area (Å²) in [6, 6.07) is 14.6. The van der Waals surface area contributed by atoms with Gasteiger partial charge in [0.1, 0.15) is 0 Å². The van der Waals surface area contributed by atoms with Crippen LogP contribution >= 0.6 is 0 Å². The minimum Gasteiger partial charge on any atom is -0.493 e. The van der Waals surface area contributed by atoms with E-state index in [1.165, 1.54) is 16.7 Å². The van der Waals surface area contributed by atoms with Gasteiger partial charge in [0.05, 0.1) is 27.4 Å². The first-order valence-electron chi connectivity index (χ1n) is 10.8. The Morgan fingerprint density at radius 3 is 2.45 bits per heavy atom. The normalized spacial score (nSPS) is 14.9. The molecule has 1 aliphatic rings. The van der Waals surface area contributed by atoms with Gasteiger partial charge in [0.15, 0.2) is 17.5 Å². The highest BCUT2D eigenvalue weighted by atomic mass is 16.5. The van der Waals surface area contributed by atoms with Crippen LogP contribution in [0, 0.1) is 0 Å². The molecule has 0 aliphatic carbocycles. The molecule has 2 N–H and O–H groups in total. The van der Waals surface area contributed by atoms with Gasteiger partial charge < -0.3 is 24.8 Å². The summed E-state index contributed by atoms with van der Waals surface area (Å²) in [5.41, 5.74) is 3.81. The zero-order valence-electron chi connectivity index (χ0n) is 18.8. The van der Waals surface area contributed by atoms with Gasteiger partial charge in [0.2, 0.25) is 0 Å². The zero-order chi connectivity index (χ0) is 21.9. The zero-order valence-corrected chi connectivity index (χ0v) is 18.8. The lowest BCUT2D eigenvalue weighted by atomic mass is 10.1. The average Bonchev–Trinajstić information content (AvgIpc) is 2.82. The Morgan fingerprint density at radius 1 is 1.00 bits per heavy atom. The van der Waals surface area contributed by atoms with Crippen LogP contribution in [0.1, 0.15) is 16.7 Å². The van der Waals surface area contributed by atoms with E-state index in [1.54, 1.807) is 21.3 Å². The van der Waals surface area contributed by atoms with Crippen LogP contribution in [0.4, 0.5) is 0 Å². The number of benzene rings is 2. The molecule has 31 heavy (non-hydrogen) atoms. The Hall–Kier alpha value is -2.77. The number of hydrogen-bond acceptors (Lipinski definition) is 5. The van der Waals surface area contributed by atoms with Gasteiger partial charge in [-0.2, -0.15) is 0 Å². The van der Waals surface area contributed by atoms with Crippen molar-refractivity contribution in [2.24, 2.45) is 4.99 Å². The SMILES string of the molecule is CN=C(NCCc1ccc(OC)c(OC)c1)NCc1ccccc1CN1CCOCC1. The standard InChI is InChI=1S/C24H34N4O3/c1-25-24(26-11-10-19-8-9-22(29-2)23(16-19)30-3)27-17-20-6-4-5-7-21(20)18-28-12-14-31-15-13-28/h4-9,16H,10-15,17-18H2,1-3H3,(H2,25,26,27). The van der Waals surface area contributed by atoms with Gasteiger partial charge >= 0.3 is 0 Å². The molecule has 1 fully saturated rings. The van der Waals surface area contributed by atoms with Crippen LogP contribution in [-0.2, 0) is 24.2 Å². The van der Waals surface area contributed by atoms with Crippen molar-refractivity contribution in [3.8, 4) is 11.5 Å². The molecule has 1 heterocycles. The van der Waals surface area contributed by atoms with E-state index < -0.39 is 0 Å². The number of nitrogens with zero attached hydrogens (tertiary/aromatic N) is 2. The lowest BCUT2D eigenvalue weighted by molar-refractivity contribution is 0.0341. The topological polar surface area (TPSA) is 67.4 Å². The van der Waals surface area contributed by atoms with Crippen molar-refractivity contribution < 1.29 is 14.2 Å². The van der Waals surface area contributed by atoms with E-state index in [0.29, 0.717) is 0 Å². The molecule has 0 radical (unpaired) electrons. The maximum absolute atomic E-state index is 5.46. The molecule has 0 aromatic heterocycles. The number of morpholine rings is 1. The predicted molar refractivity (Wildman–Crippen MR) is 124 cm³/mol. The molecule has 0 unspecified atom stereocenters. The third kappa shape index (κ3) is 6.87. The first-order chi connectivity index (χ1) is 15.2. The maximum Gasteiger partial charge on any atom is 0.191 e. The largest absolute Gasteiger partial charge is 0.493 e. The lowest BCUT2D eigenvalue weighted by Crippen LogP contribution is -2.38. The van der Waals surface area contributed by atoms with E-state index in [9.17, 15) is 0 Å². The molecule has 0 bridgehead atoms. The van der Waals surface area contributed by atoms with Crippen LogP contribution < -0.4 is 20.1 Å². The van der Waals surface area contributed by atoms with Gasteiger partial charge in [-0.25, -0.2) is 0 Å². The molecule has 2 aromatic carbocycles. The molecule has 0 atom stereocenters. The third-order valence-electron chi connectivity index (χ3n) is 5.44. The highest BCUT2D eigenvalue weighted by molar-refractivity contribution is 5.79. The van der Waals surface area contributed by atoms with Crippen molar-refractivity contribution in [2.75, 3.05) is 54.1 Å². The quantitative estimate of drug-likeness (QED) is 0.474. The minimum atomic E-state index is 0.733. The van der Waals surface area contributed by atoms with Crippen LogP contribution in [-0.4, -0.2) is 65.0 Å². The van der Waals surface area contributed by atoms with Crippen molar-refractivity contribution in [1.82, 2.24) is 15.5 Å². The number of aliphatic imine (C=N–C) groups is 1. The van der Waals surface area contributed by atoms with E-state index in [-0.39, 0.29) is 0 Å². The lowest BCUT2D eigenvalue weighted by Gasteiger charge is -2.27. The fraction of sp³-hybridized carbons (Fsp3) is 0.458. The molecular formula is C24H34N4O3. The maximum atomic E-state index is 5.46. The van der Waals surface area contributed by atoms with Crippen molar-refractivity contribution >= 4 is 5.96 Å². The van der Waals surface area contributed by atoms with Gasteiger partial charge in [0.25, 0.3) is 0 Å². The first kappa shape index (κ1) is 22.9. The molecular weight excluding hydrogens is 392 g/mol. The summed E-state index contributed by atoms with van der Waals surface area (Å²) < 4.78 is 16.2. The van der Waals surface area contributed by atoms with E-state index in [2.05, 4.69) is 50.9 Å². The number of guanidine groups is 1. The molecule has 2 aromatic rings. The smallest absolute Gasteiger partial charge is 0.191 e. The van der Waals surface area contributed by atoms with Gasteiger partial charge in [0, 0.05) is 39.8 Å². The number of rotatable bonds is 9. The number of methoxy groups -OCH3 is 2. The van der Waals surface area contributed by atoms with Crippen LogP contribution in [0.5, 0.6) is 11.5 Å². The molecule has 0 saturated carbocycles. The molecule has 0 spiro atoms. The fourth-order valence-electron chi connectivity index (χ4n) is 3.65. The second kappa shape index (κ2) is 12.2. The molecule has 3 rings (SSSR count). The van der Waals surface area contributed by atoms with Gasteiger partial charge in [-0.15, -0.1) is 0 Å². The Kier molecular flexibility index (Phi) is 8.99. The highest BCUT2D eigenvalue weighted by Crippen LogP contribution is 2.27. The third-order valence-corrected chi connectivity index (χ3v) is 5.44. The molecule has 7 nitrogen and oxygen atoms in total. The molecule has 1 saturated heterocycles. The Balaban J connectivity index is 1.50. The molecule has 168 valence electrons. The summed E-state index contributed by atoms with van der Waals surface area (Å²) >= 11 is 0. The molecule has 1 aliphatic heterocycles. The summed E-state index contributed by atoms with van der Waals surface area (Å²) in [4.78, 5) is 6.81. The van der Waals surface area contributed by atoms with Gasteiger partial charge in [-0.05, 0) is 35.2 Å². The second-order valence-corrected chi connectivity index (χ2v) is 7.45. The fourth-order valence-corrected chi connectivity index (χ4v) is 3.65. The van der Waals surface area contributed by atoms with E-state index in [4.69, 9.17) is 14.2 Å². The van der Waals surface area contributed by atoms with Crippen molar-refractivity contribution in [3.05, 3.63) is 59.2 Å². The predicted octanol–water partition coefficient (Wildman–Crippen LogP) is 2.44. The highest BCUT2D eigenvalue weighted by Gasteiger charge is 2.13. The van der Waals surface area contributed by atoms with Crippen LogP contribution in [0.2, 0.25) is 0 Å². The average molecular weight is 427 g/mol. The van der Waals surface area contributed by atoms with E-state index in [1.807, 2.05) is 12.1 Å². The summed E-state index contributed by atoms with van der Waals surface area (Å²) in [6.07, 6.45) is 0.856. The Labute approximate surface area is 185 Å². The Morgan fingerprint density at radius 2 is 1.74 bits per heavy atom. The molecule has 0 amide bonds. The van der Waals surface area contributed by atoms with Crippen molar-refractivity contribution in [2.45, 2.75) is 19.5 Å².